The Labute approximate surface area is 157 Å². The van der Waals surface area contributed by atoms with Crippen LogP contribution < -0.4 is 20.6 Å². The van der Waals surface area contributed by atoms with Crippen LogP contribution in [-0.2, 0) is 4.79 Å². The highest BCUT2D eigenvalue weighted by Gasteiger charge is 2.07. The normalized spacial score (nSPS) is 10.6. The van der Waals surface area contributed by atoms with Crippen molar-refractivity contribution in [3.05, 3.63) is 65.0 Å². The molecule has 0 unspecified atom stereocenters. The average molecular weight is 366 g/mol. The summed E-state index contributed by atoms with van der Waals surface area (Å²) in [7, 11) is 0. The topological polar surface area (TPSA) is 71.8 Å². The van der Waals surface area contributed by atoms with E-state index < -0.39 is 5.63 Å². The Kier molecular flexibility index (Phi) is 5.76. The van der Waals surface area contributed by atoms with Crippen molar-refractivity contribution in [1.82, 2.24) is 0 Å². The van der Waals surface area contributed by atoms with Crippen LogP contribution in [0, 0.1) is 0 Å². The van der Waals surface area contributed by atoms with Crippen LogP contribution in [0.25, 0.3) is 11.0 Å². The summed E-state index contributed by atoms with van der Waals surface area (Å²) in [5.74, 6) is 0.198. The van der Waals surface area contributed by atoms with E-state index in [1.165, 1.54) is 6.07 Å². The molecule has 1 amide bonds. The van der Waals surface area contributed by atoms with Gasteiger partial charge in [-0.15, -0.1) is 0 Å². The second-order valence-electron chi connectivity index (χ2n) is 6.01. The Morgan fingerprint density at radius 1 is 1.04 bits per heavy atom. The molecule has 0 fully saturated rings. The number of carbonyl (C=O) groups excluding carboxylic acids is 1. The highest BCUT2D eigenvalue weighted by Crippen LogP contribution is 2.20. The molecule has 1 heterocycles. The Morgan fingerprint density at radius 3 is 2.44 bits per heavy atom. The predicted octanol–water partition coefficient (Wildman–Crippen LogP) is 3.66. The number of nitrogens with zero attached hydrogens (tertiary/aromatic N) is 1. The zero-order chi connectivity index (χ0) is 19.2. The fourth-order valence-electron chi connectivity index (χ4n) is 2.82. The number of rotatable bonds is 7. The second kappa shape index (κ2) is 8.40. The minimum atomic E-state index is -0.425. The molecule has 0 saturated heterocycles. The first-order valence-corrected chi connectivity index (χ1v) is 8.90. The first-order chi connectivity index (χ1) is 13.1. The van der Waals surface area contributed by atoms with Gasteiger partial charge in [0, 0.05) is 42.0 Å². The molecule has 0 radical (unpaired) electrons. The van der Waals surface area contributed by atoms with Gasteiger partial charge < -0.3 is 19.4 Å². The molecule has 0 bridgehead atoms. The van der Waals surface area contributed by atoms with E-state index >= 15 is 0 Å². The molecule has 1 aromatic heterocycles. The van der Waals surface area contributed by atoms with Gasteiger partial charge >= 0.3 is 5.63 Å². The van der Waals surface area contributed by atoms with Crippen molar-refractivity contribution in [3.63, 3.8) is 0 Å². The van der Waals surface area contributed by atoms with Gasteiger partial charge in [0.25, 0.3) is 5.91 Å². The molecule has 0 aliphatic rings. The van der Waals surface area contributed by atoms with E-state index in [9.17, 15) is 9.59 Å². The van der Waals surface area contributed by atoms with E-state index in [-0.39, 0.29) is 12.5 Å². The number of benzene rings is 2. The van der Waals surface area contributed by atoms with E-state index in [0.29, 0.717) is 17.0 Å². The molecule has 3 rings (SSSR count). The van der Waals surface area contributed by atoms with Gasteiger partial charge in [-0.2, -0.15) is 0 Å². The SMILES string of the molecule is CCN(CC)c1ccc(NC(=O)COc2ccc3ccc(=O)oc3c2)cc1. The average Bonchev–Trinajstić information content (AvgIpc) is 2.68. The third-order valence-electron chi connectivity index (χ3n) is 4.24. The molecule has 0 atom stereocenters. The highest BCUT2D eigenvalue weighted by atomic mass is 16.5. The fraction of sp³-hybridized carbons (Fsp3) is 0.238. The summed E-state index contributed by atoms with van der Waals surface area (Å²) in [4.78, 5) is 25.6. The van der Waals surface area contributed by atoms with E-state index in [0.717, 1.165) is 24.2 Å². The van der Waals surface area contributed by atoms with Crippen LogP contribution in [0.2, 0.25) is 0 Å². The number of anilines is 2. The third kappa shape index (κ3) is 4.67. The van der Waals surface area contributed by atoms with Crippen LogP contribution in [-0.4, -0.2) is 25.6 Å². The quantitative estimate of drug-likeness (QED) is 0.646. The number of fused-ring (bicyclic) bond motifs is 1. The maximum Gasteiger partial charge on any atom is 0.336 e. The number of hydrogen-bond donors (Lipinski definition) is 1. The standard InChI is InChI=1S/C21H22N2O4/c1-3-23(4-2)17-9-7-16(8-10-17)22-20(24)14-26-18-11-5-15-6-12-21(25)27-19(15)13-18/h5-13H,3-4,14H2,1-2H3,(H,22,24). The summed E-state index contributed by atoms with van der Waals surface area (Å²) in [5.41, 5.74) is 1.83. The molecule has 0 saturated carbocycles. The first-order valence-electron chi connectivity index (χ1n) is 8.90. The number of amides is 1. The number of nitrogens with one attached hydrogen (secondary N) is 1. The largest absolute Gasteiger partial charge is 0.484 e. The molecular formula is C21H22N2O4. The summed E-state index contributed by atoms with van der Waals surface area (Å²) < 4.78 is 10.6. The second-order valence-corrected chi connectivity index (χ2v) is 6.01. The van der Waals surface area contributed by atoms with Crippen LogP contribution >= 0.6 is 0 Å². The lowest BCUT2D eigenvalue weighted by molar-refractivity contribution is -0.118. The van der Waals surface area contributed by atoms with Gasteiger partial charge in [0.15, 0.2) is 6.61 Å². The number of ether oxygens (including phenoxy) is 1. The van der Waals surface area contributed by atoms with Crippen LogP contribution in [0.4, 0.5) is 11.4 Å². The lowest BCUT2D eigenvalue weighted by Gasteiger charge is -2.21. The van der Waals surface area contributed by atoms with E-state index in [2.05, 4.69) is 24.1 Å². The highest BCUT2D eigenvalue weighted by molar-refractivity contribution is 5.92. The smallest absolute Gasteiger partial charge is 0.336 e. The minimum absolute atomic E-state index is 0.139. The fourth-order valence-corrected chi connectivity index (χ4v) is 2.82. The molecule has 6 heteroatoms. The van der Waals surface area contributed by atoms with Crippen molar-refractivity contribution in [3.8, 4) is 5.75 Å². The Bertz CT molecular complexity index is 975. The lowest BCUT2D eigenvalue weighted by atomic mass is 10.2. The summed E-state index contributed by atoms with van der Waals surface area (Å²) in [5, 5.41) is 3.60. The van der Waals surface area contributed by atoms with Crippen molar-refractivity contribution in [2.45, 2.75) is 13.8 Å². The number of hydrogen-bond acceptors (Lipinski definition) is 5. The monoisotopic (exact) mass is 366 g/mol. The van der Waals surface area contributed by atoms with Gasteiger partial charge in [-0.1, -0.05) is 0 Å². The van der Waals surface area contributed by atoms with E-state index in [1.54, 1.807) is 24.3 Å². The molecule has 0 spiro atoms. The van der Waals surface area contributed by atoms with Crippen molar-refractivity contribution in [2.24, 2.45) is 0 Å². The summed E-state index contributed by atoms with van der Waals surface area (Å²) in [6.07, 6.45) is 0. The van der Waals surface area contributed by atoms with E-state index in [4.69, 9.17) is 9.15 Å². The van der Waals surface area contributed by atoms with Crippen LogP contribution in [0.3, 0.4) is 0 Å². The molecule has 2 aromatic carbocycles. The van der Waals surface area contributed by atoms with Gasteiger partial charge in [0.2, 0.25) is 0 Å². The maximum atomic E-state index is 12.1. The minimum Gasteiger partial charge on any atom is -0.484 e. The Balaban J connectivity index is 1.59. The first kappa shape index (κ1) is 18.5. The Hall–Kier alpha value is -3.28. The molecule has 0 aliphatic heterocycles. The zero-order valence-corrected chi connectivity index (χ0v) is 15.4. The van der Waals surface area contributed by atoms with Crippen molar-refractivity contribution in [1.29, 1.82) is 0 Å². The van der Waals surface area contributed by atoms with Crippen LogP contribution in [0.1, 0.15) is 13.8 Å². The molecule has 6 nitrogen and oxygen atoms in total. The van der Waals surface area contributed by atoms with Gasteiger partial charge in [-0.25, -0.2) is 4.79 Å². The van der Waals surface area contributed by atoms with Crippen molar-refractivity contribution < 1.29 is 13.9 Å². The summed E-state index contributed by atoms with van der Waals surface area (Å²) >= 11 is 0. The molecule has 0 aliphatic carbocycles. The maximum absolute atomic E-state index is 12.1. The molecule has 140 valence electrons. The molecule has 3 aromatic rings. The van der Waals surface area contributed by atoms with Crippen molar-refractivity contribution >= 4 is 28.3 Å². The molecule has 1 N–H and O–H groups in total. The van der Waals surface area contributed by atoms with Gasteiger partial charge in [-0.3, -0.25) is 4.79 Å². The van der Waals surface area contributed by atoms with Gasteiger partial charge in [0.05, 0.1) is 0 Å². The predicted molar refractivity (Wildman–Crippen MR) is 107 cm³/mol. The lowest BCUT2D eigenvalue weighted by Crippen LogP contribution is -2.22. The van der Waals surface area contributed by atoms with Crippen molar-refractivity contribution in [2.75, 3.05) is 29.9 Å². The summed E-state index contributed by atoms with van der Waals surface area (Å²) in [6.45, 7) is 5.94. The van der Waals surface area contributed by atoms with Gasteiger partial charge in [0.1, 0.15) is 11.3 Å². The third-order valence-corrected chi connectivity index (χ3v) is 4.24. The number of carbonyl (C=O) groups is 1. The molecular weight excluding hydrogens is 344 g/mol. The zero-order valence-electron chi connectivity index (χ0n) is 15.4. The van der Waals surface area contributed by atoms with Gasteiger partial charge in [-0.05, 0) is 56.3 Å². The summed E-state index contributed by atoms with van der Waals surface area (Å²) in [6, 6.07) is 15.9. The van der Waals surface area contributed by atoms with Crippen LogP contribution in [0.5, 0.6) is 5.75 Å². The van der Waals surface area contributed by atoms with Crippen LogP contribution in [0.15, 0.2) is 63.8 Å². The Morgan fingerprint density at radius 2 is 1.74 bits per heavy atom. The van der Waals surface area contributed by atoms with E-state index in [1.807, 2.05) is 24.3 Å². The molecule has 27 heavy (non-hydrogen) atoms.